The van der Waals surface area contributed by atoms with Crippen molar-refractivity contribution < 1.29 is 0 Å². The molecule has 3 aromatic rings. The third kappa shape index (κ3) is 4.09. The summed E-state index contributed by atoms with van der Waals surface area (Å²) in [4.78, 5) is 4.30. The minimum Gasteiger partial charge on any atom is -0.269 e. The maximum Gasteiger partial charge on any atom is 0.0227 e. The second-order valence-corrected chi connectivity index (χ2v) is 7.35. The Balaban J connectivity index is 1.64. The Labute approximate surface area is 162 Å². The second kappa shape index (κ2) is 8.18. The molecule has 134 valence electrons. The van der Waals surface area contributed by atoms with Crippen LogP contribution in [0.15, 0.2) is 102 Å². The van der Waals surface area contributed by atoms with Crippen molar-refractivity contribution in [2.75, 3.05) is 0 Å². The van der Waals surface area contributed by atoms with Gasteiger partial charge < -0.3 is 0 Å². The average molecular weight is 351 g/mol. The van der Waals surface area contributed by atoms with Crippen molar-refractivity contribution in [3.8, 4) is 11.1 Å². The lowest BCUT2D eigenvalue weighted by molar-refractivity contribution is 0.472. The normalized spacial score (nSPS) is 19.7. The average Bonchev–Trinajstić information content (AvgIpc) is 2.75. The summed E-state index contributed by atoms with van der Waals surface area (Å²) < 4.78 is 0. The van der Waals surface area contributed by atoms with E-state index in [1.54, 1.807) is 0 Å². The van der Waals surface area contributed by atoms with Crippen molar-refractivity contribution in [2.24, 2.45) is 16.8 Å². The Morgan fingerprint density at radius 2 is 1.33 bits per heavy atom. The number of hydrogen-bond donors (Lipinski definition) is 0. The van der Waals surface area contributed by atoms with E-state index in [1.165, 1.54) is 22.3 Å². The standard InChI is InChI=1S/C26H25N/c1-20-19-27-17-16-25(20)18-26(23-10-6-3-7-11-23)24-14-12-22(13-15-24)21-8-4-2-5-9-21/h2-17,19-20,25-26H,18H2,1H3. The number of nitrogens with zero attached hydrogens (tertiary/aromatic N) is 1. The predicted molar refractivity (Wildman–Crippen MR) is 115 cm³/mol. The van der Waals surface area contributed by atoms with Gasteiger partial charge in [0.2, 0.25) is 0 Å². The molecule has 0 fully saturated rings. The molecular weight excluding hydrogens is 326 g/mol. The third-order valence-corrected chi connectivity index (χ3v) is 5.55. The summed E-state index contributed by atoms with van der Waals surface area (Å²) in [5.41, 5.74) is 5.29. The molecule has 0 amide bonds. The first kappa shape index (κ1) is 17.5. The lowest BCUT2D eigenvalue weighted by Crippen LogP contribution is -2.17. The molecule has 1 aliphatic rings. The molecule has 0 N–H and O–H groups in total. The molecule has 27 heavy (non-hydrogen) atoms. The molecule has 1 heterocycles. The number of allylic oxidation sites excluding steroid dienone is 1. The van der Waals surface area contributed by atoms with Crippen molar-refractivity contribution in [3.05, 3.63) is 108 Å². The first-order valence-corrected chi connectivity index (χ1v) is 9.71. The fourth-order valence-electron chi connectivity index (χ4n) is 3.89. The lowest BCUT2D eigenvalue weighted by atomic mass is 9.79. The summed E-state index contributed by atoms with van der Waals surface area (Å²) in [6.45, 7) is 2.26. The van der Waals surface area contributed by atoms with Gasteiger partial charge in [-0.15, -0.1) is 0 Å². The molecule has 1 heteroatoms. The molecule has 0 aromatic heterocycles. The predicted octanol–water partition coefficient (Wildman–Crippen LogP) is 6.73. The van der Waals surface area contributed by atoms with Gasteiger partial charge in [-0.05, 0) is 40.5 Å². The van der Waals surface area contributed by atoms with Crippen LogP contribution >= 0.6 is 0 Å². The fraction of sp³-hybridized carbons (Fsp3) is 0.192. The van der Waals surface area contributed by atoms with Crippen LogP contribution in [-0.2, 0) is 0 Å². The maximum atomic E-state index is 4.30. The van der Waals surface area contributed by atoms with E-state index in [0.717, 1.165) is 6.42 Å². The molecule has 0 saturated heterocycles. The number of benzene rings is 3. The van der Waals surface area contributed by atoms with Gasteiger partial charge in [-0.3, -0.25) is 4.99 Å². The van der Waals surface area contributed by atoms with Gasteiger partial charge in [0, 0.05) is 18.3 Å². The van der Waals surface area contributed by atoms with E-state index in [4.69, 9.17) is 0 Å². The lowest BCUT2D eigenvalue weighted by Gasteiger charge is -2.26. The molecule has 0 bridgehead atoms. The highest BCUT2D eigenvalue weighted by atomic mass is 14.7. The van der Waals surface area contributed by atoms with E-state index in [0.29, 0.717) is 17.8 Å². The molecule has 3 atom stereocenters. The van der Waals surface area contributed by atoms with Crippen molar-refractivity contribution in [2.45, 2.75) is 19.3 Å². The Morgan fingerprint density at radius 3 is 2.00 bits per heavy atom. The van der Waals surface area contributed by atoms with Crippen molar-refractivity contribution in [1.82, 2.24) is 0 Å². The van der Waals surface area contributed by atoms with Crippen LogP contribution in [0, 0.1) is 11.8 Å². The number of rotatable bonds is 5. The van der Waals surface area contributed by atoms with Gasteiger partial charge in [0.1, 0.15) is 0 Å². The molecule has 3 unspecified atom stereocenters. The summed E-state index contributed by atoms with van der Waals surface area (Å²) >= 11 is 0. The van der Waals surface area contributed by atoms with Crippen molar-refractivity contribution in [3.63, 3.8) is 0 Å². The molecule has 3 aromatic carbocycles. The smallest absolute Gasteiger partial charge is 0.0227 e. The minimum absolute atomic E-state index is 0.389. The largest absolute Gasteiger partial charge is 0.269 e. The van der Waals surface area contributed by atoms with Crippen LogP contribution in [0.5, 0.6) is 0 Å². The number of hydrogen-bond acceptors (Lipinski definition) is 1. The van der Waals surface area contributed by atoms with Gasteiger partial charge in [-0.1, -0.05) is 97.9 Å². The molecule has 1 nitrogen and oxygen atoms in total. The summed E-state index contributed by atoms with van der Waals surface area (Å²) in [7, 11) is 0. The Kier molecular flexibility index (Phi) is 5.29. The summed E-state index contributed by atoms with van der Waals surface area (Å²) in [6.07, 6.45) is 7.38. The van der Waals surface area contributed by atoms with Gasteiger partial charge in [0.15, 0.2) is 0 Å². The second-order valence-electron chi connectivity index (χ2n) is 7.35. The summed E-state index contributed by atoms with van der Waals surface area (Å²) in [5.74, 6) is 1.38. The first-order chi connectivity index (χ1) is 13.3. The van der Waals surface area contributed by atoms with Gasteiger partial charge in [0.25, 0.3) is 0 Å². The summed E-state index contributed by atoms with van der Waals surface area (Å²) in [5, 5.41) is 0. The van der Waals surface area contributed by atoms with E-state index in [9.17, 15) is 0 Å². The highest BCUT2D eigenvalue weighted by Crippen LogP contribution is 2.35. The topological polar surface area (TPSA) is 12.4 Å². The van der Waals surface area contributed by atoms with Crippen LogP contribution < -0.4 is 0 Å². The van der Waals surface area contributed by atoms with Gasteiger partial charge in [-0.2, -0.15) is 0 Å². The maximum absolute atomic E-state index is 4.30. The van der Waals surface area contributed by atoms with Crippen LogP contribution in [0.1, 0.15) is 30.4 Å². The van der Waals surface area contributed by atoms with E-state index < -0.39 is 0 Å². The van der Waals surface area contributed by atoms with Crippen LogP contribution in [0.2, 0.25) is 0 Å². The van der Waals surface area contributed by atoms with Crippen LogP contribution in [0.3, 0.4) is 0 Å². The van der Waals surface area contributed by atoms with E-state index >= 15 is 0 Å². The zero-order valence-electron chi connectivity index (χ0n) is 15.7. The summed E-state index contributed by atoms with van der Waals surface area (Å²) in [6, 6.07) is 30.5. The monoisotopic (exact) mass is 351 g/mol. The first-order valence-electron chi connectivity index (χ1n) is 9.71. The van der Waals surface area contributed by atoms with Crippen molar-refractivity contribution in [1.29, 1.82) is 0 Å². The van der Waals surface area contributed by atoms with Gasteiger partial charge in [0.05, 0.1) is 0 Å². The van der Waals surface area contributed by atoms with E-state index in [-0.39, 0.29) is 0 Å². The third-order valence-electron chi connectivity index (χ3n) is 5.55. The van der Waals surface area contributed by atoms with E-state index in [2.05, 4.69) is 109 Å². The molecular formula is C26H25N. The van der Waals surface area contributed by atoms with E-state index in [1.807, 2.05) is 6.20 Å². The molecule has 0 radical (unpaired) electrons. The zero-order valence-corrected chi connectivity index (χ0v) is 15.7. The van der Waals surface area contributed by atoms with Gasteiger partial charge in [-0.25, -0.2) is 0 Å². The number of aliphatic imine (C=N–C) groups is 1. The molecule has 0 spiro atoms. The molecule has 4 rings (SSSR count). The molecule has 0 saturated carbocycles. The zero-order chi connectivity index (χ0) is 18.5. The quantitative estimate of drug-likeness (QED) is 0.483. The van der Waals surface area contributed by atoms with Crippen LogP contribution in [-0.4, -0.2) is 6.21 Å². The van der Waals surface area contributed by atoms with Crippen LogP contribution in [0.25, 0.3) is 11.1 Å². The fourth-order valence-corrected chi connectivity index (χ4v) is 3.89. The highest BCUT2D eigenvalue weighted by molar-refractivity contribution is 5.64. The van der Waals surface area contributed by atoms with Crippen LogP contribution in [0.4, 0.5) is 0 Å². The Hall–Kier alpha value is -2.93. The van der Waals surface area contributed by atoms with Gasteiger partial charge >= 0.3 is 0 Å². The highest BCUT2D eigenvalue weighted by Gasteiger charge is 2.23. The van der Waals surface area contributed by atoms with Crippen molar-refractivity contribution >= 4 is 6.21 Å². The Bertz CT molecular complexity index is 907. The Morgan fingerprint density at radius 1 is 0.741 bits per heavy atom. The molecule has 0 aliphatic carbocycles. The SMILES string of the molecule is CC1C=NC=CC1CC(c1ccccc1)c1ccc(-c2ccccc2)cc1. The molecule has 1 aliphatic heterocycles. The minimum atomic E-state index is 0.389.